The van der Waals surface area contributed by atoms with Crippen LogP contribution in [-0.2, 0) is 0 Å². The Morgan fingerprint density at radius 2 is 2.44 bits per heavy atom. The van der Waals surface area contributed by atoms with E-state index in [1.54, 1.807) is 18.3 Å². The highest BCUT2D eigenvalue weighted by Crippen LogP contribution is 2.21. The third-order valence-electron chi connectivity index (χ3n) is 2.13. The molecule has 94 valence electrons. The lowest BCUT2D eigenvalue weighted by molar-refractivity contribution is 0.340. The number of rotatable bonds is 4. The maximum Gasteiger partial charge on any atom is 0.216 e. The fourth-order valence-corrected chi connectivity index (χ4v) is 1.68. The van der Waals surface area contributed by atoms with Crippen molar-refractivity contribution < 1.29 is 4.74 Å². The van der Waals surface area contributed by atoms with Crippen LogP contribution in [0.1, 0.15) is 12.5 Å². The van der Waals surface area contributed by atoms with E-state index in [9.17, 15) is 0 Å². The molecule has 1 aromatic heterocycles. The summed E-state index contributed by atoms with van der Waals surface area (Å²) < 4.78 is 7.36. The summed E-state index contributed by atoms with van der Waals surface area (Å²) in [6.45, 7) is 2.50. The molecule has 2 rings (SSSR count). The molecule has 1 N–H and O–H groups in total. The molecular weight excluding hydrogens is 272 g/mol. The average Bonchev–Trinajstić information content (AvgIpc) is 2.75. The minimum atomic E-state index is 0.422. The summed E-state index contributed by atoms with van der Waals surface area (Å²) in [5.74, 6) is 0.723. The molecular formula is C11H11ClN4OS. The molecule has 0 unspecified atom stereocenters. The molecule has 0 spiro atoms. The minimum Gasteiger partial charge on any atom is -0.493 e. The summed E-state index contributed by atoms with van der Waals surface area (Å²) in [6.07, 6.45) is 3.12. The van der Waals surface area contributed by atoms with Crippen LogP contribution in [0.25, 0.3) is 0 Å². The predicted molar refractivity (Wildman–Crippen MR) is 73.0 cm³/mol. The van der Waals surface area contributed by atoms with Gasteiger partial charge in [-0.3, -0.25) is 5.10 Å². The molecule has 0 aliphatic carbocycles. The van der Waals surface area contributed by atoms with Gasteiger partial charge in [0.25, 0.3) is 0 Å². The van der Waals surface area contributed by atoms with Gasteiger partial charge in [-0.05, 0) is 37.3 Å². The van der Waals surface area contributed by atoms with E-state index in [2.05, 4.69) is 15.3 Å². The molecule has 0 saturated heterocycles. The Hall–Kier alpha value is -1.66. The SMILES string of the molecule is CCOc1ccc(Cl)cc1/C=N\n1cn[nH]c1=S. The Labute approximate surface area is 114 Å². The predicted octanol–water partition coefficient (Wildman–Crippen LogP) is 2.87. The molecule has 7 heteroatoms. The highest BCUT2D eigenvalue weighted by molar-refractivity contribution is 7.71. The molecule has 0 saturated carbocycles. The van der Waals surface area contributed by atoms with Crippen LogP contribution in [0, 0.1) is 4.77 Å². The zero-order chi connectivity index (χ0) is 13.0. The van der Waals surface area contributed by atoms with Crippen LogP contribution in [0.15, 0.2) is 29.6 Å². The van der Waals surface area contributed by atoms with Gasteiger partial charge < -0.3 is 4.74 Å². The Morgan fingerprint density at radius 3 is 3.11 bits per heavy atom. The molecule has 5 nitrogen and oxygen atoms in total. The van der Waals surface area contributed by atoms with Crippen molar-refractivity contribution in [3.05, 3.63) is 39.9 Å². The number of nitrogens with zero attached hydrogens (tertiary/aromatic N) is 3. The van der Waals surface area contributed by atoms with Crippen molar-refractivity contribution in [1.82, 2.24) is 14.9 Å². The highest BCUT2D eigenvalue weighted by Gasteiger charge is 2.02. The van der Waals surface area contributed by atoms with Crippen molar-refractivity contribution in [2.24, 2.45) is 5.10 Å². The zero-order valence-corrected chi connectivity index (χ0v) is 11.2. The van der Waals surface area contributed by atoms with E-state index in [1.165, 1.54) is 11.0 Å². The topological polar surface area (TPSA) is 55.2 Å². The Kier molecular flexibility index (Phi) is 4.11. The summed E-state index contributed by atoms with van der Waals surface area (Å²) >= 11 is 10.9. The second-order valence-electron chi connectivity index (χ2n) is 3.37. The minimum absolute atomic E-state index is 0.422. The van der Waals surface area contributed by atoms with Gasteiger partial charge in [0.2, 0.25) is 4.77 Å². The third-order valence-corrected chi connectivity index (χ3v) is 2.64. The van der Waals surface area contributed by atoms with E-state index in [4.69, 9.17) is 28.6 Å². The normalized spacial score (nSPS) is 11.0. The molecule has 1 aromatic carbocycles. The molecule has 0 aliphatic heterocycles. The van der Waals surface area contributed by atoms with Gasteiger partial charge >= 0.3 is 0 Å². The van der Waals surface area contributed by atoms with E-state index in [0.717, 1.165) is 11.3 Å². The summed E-state index contributed by atoms with van der Waals surface area (Å²) in [7, 11) is 0. The van der Waals surface area contributed by atoms with Crippen LogP contribution in [0.4, 0.5) is 0 Å². The fourth-order valence-electron chi connectivity index (χ4n) is 1.36. The Balaban J connectivity index is 2.33. The van der Waals surface area contributed by atoms with E-state index in [1.807, 2.05) is 13.0 Å². The first-order chi connectivity index (χ1) is 8.70. The van der Waals surface area contributed by atoms with Crippen molar-refractivity contribution in [3.8, 4) is 5.75 Å². The third kappa shape index (κ3) is 2.96. The van der Waals surface area contributed by atoms with Gasteiger partial charge in [-0.25, -0.2) is 0 Å². The average molecular weight is 283 g/mol. The quantitative estimate of drug-likeness (QED) is 0.693. The first-order valence-corrected chi connectivity index (χ1v) is 6.08. The first kappa shape index (κ1) is 12.8. The fraction of sp³-hybridized carbons (Fsp3) is 0.182. The van der Waals surface area contributed by atoms with E-state index in [0.29, 0.717) is 16.4 Å². The lowest BCUT2D eigenvalue weighted by atomic mass is 10.2. The molecule has 2 aromatic rings. The van der Waals surface area contributed by atoms with E-state index < -0.39 is 0 Å². The van der Waals surface area contributed by atoms with Gasteiger partial charge in [0.1, 0.15) is 12.1 Å². The smallest absolute Gasteiger partial charge is 0.216 e. The number of halogens is 1. The van der Waals surface area contributed by atoms with Crippen molar-refractivity contribution in [2.75, 3.05) is 6.61 Å². The van der Waals surface area contributed by atoms with Crippen LogP contribution < -0.4 is 4.74 Å². The van der Waals surface area contributed by atoms with Crippen LogP contribution in [0.3, 0.4) is 0 Å². The van der Waals surface area contributed by atoms with Crippen molar-refractivity contribution >= 4 is 30.0 Å². The van der Waals surface area contributed by atoms with Gasteiger partial charge in [-0.1, -0.05) is 11.6 Å². The van der Waals surface area contributed by atoms with Crippen molar-refractivity contribution in [2.45, 2.75) is 6.92 Å². The molecule has 0 aliphatic rings. The second-order valence-corrected chi connectivity index (χ2v) is 4.19. The standard InChI is InChI=1S/C11H11ClN4OS/c1-2-17-10-4-3-9(12)5-8(10)6-14-16-7-13-15-11(16)18/h3-7H,2H2,1H3,(H,15,18)/b14-6-. The van der Waals surface area contributed by atoms with Gasteiger partial charge in [0.05, 0.1) is 12.8 Å². The summed E-state index contributed by atoms with van der Waals surface area (Å²) in [4.78, 5) is 0. The molecule has 18 heavy (non-hydrogen) atoms. The number of aromatic nitrogens is 3. The molecule has 0 fully saturated rings. The second kappa shape index (κ2) is 5.79. The van der Waals surface area contributed by atoms with Crippen LogP contribution >= 0.6 is 23.8 Å². The number of hydrogen-bond acceptors (Lipinski definition) is 4. The molecule has 0 radical (unpaired) electrons. The van der Waals surface area contributed by atoms with Gasteiger partial charge in [-0.2, -0.15) is 14.9 Å². The number of nitrogens with one attached hydrogen (secondary N) is 1. The van der Waals surface area contributed by atoms with Gasteiger partial charge in [0, 0.05) is 10.6 Å². The molecule has 0 amide bonds. The van der Waals surface area contributed by atoms with Gasteiger partial charge in [0.15, 0.2) is 0 Å². The van der Waals surface area contributed by atoms with E-state index >= 15 is 0 Å². The summed E-state index contributed by atoms with van der Waals surface area (Å²) in [6, 6.07) is 5.36. The number of hydrogen-bond donors (Lipinski definition) is 1. The zero-order valence-electron chi connectivity index (χ0n) is 9.63. The maximum absolute atomic E-state index is 5.95. The van der Waals surface area contributed by atoms with Crippen molar-refractivity contribution in [1.29, 1.82) is 0 Å². The molecule has 1 heterocycles. The summed E-state index contributed by atoms with van der Waals surface area (Å²) in [5, 5.41) is 11.2. The lowest BCUT2D eigenvalue weighted by Gasteiger charge is -2.06. The number of ether oxygens (including phenoxy) is 1. The molecule has 0 bridgehead atoms. The van der Waals surface area contributed by atoms with E-state index in [-0.39, 0.29) is 0 Å². The van der Waals surface area contributed by atoms with Crippen LogP contribution in [0.2, 0.25) is 5.02 Å². The molecule has 0 atom stereocenters. The lowest BCUT2D eigenvalue weighted by Crippen LogP contribution is -1.97. The Morgan fingerprint density at radius 1 is 1.61 bits per heavy atom. The van der Waals surface area contributed by atoms with Crippen molar-refractivity contribution in [3.63, 3.8) is 0 Å². The van der Waals surface area contributed by atoms with Gasteiger partial charge in [-0.15, -0.1) is 0 Å². The van der Waals surface area contributed by atoms with Crippen LogP contribution in [0.5, 0.6) is 5.75 Å². The summed E-state index contributed by atoms with van der Waals surface area (Å²) in [5.41, 5.74) is 0.785. The van der Waals surface area contributed by atoms with Crippen LogP contribution in [-0.4, -0.2) is 27.7 Å². The monoisotopic (exact) mass is 282 g/mol. The number of aromatic amines is 1. The number of benzene rings is 1. The highest BCUT2D eigenvalue weighted by atomic mass is 35.5. The Bertz CT molecular complexity index is 620. The first-order valence-electron chi connectivity index (χ1n) is 5.29. The maximum atomic E-state index is 5.95. The largest absolute Gasteiger partial charge is 0.493 e. The number of H-pyrrole nitrogens is 1.